The molecule has 0 saturated carbocycles. The molecule has 2 amide bonds. The van der Waals surface area contributed by atoms with Gasteiger partial charge in [0.15, 0.2) is 10.6 Å². The van der Waals surface area contributed by atoms with Gasteiger partial charge < -0.3 is 14.6 Å². The molecule has 0 atom stereocenters. The molecule has 6 rings (SSSR count). The Morgan fingerprint density at radius 1 is 1.09 bits per heavy atom. The monoisotopic (exact) mass is 493 g/mol. The topological polar surface area (TPSA) is 91.6 Å². The van der Waals surface area contributed by atoms with Gasteiger partial charge >= 0.3 is 0 Å². The average molecular weight is 494 g/mol. The van der Waals surface area contributed by atoms with Crippen molar-refractivity contribution in [2.45, 2.75) is 12.1 Å². The van der Waals surface area contributed by atoms with Crippen molar-refractivity contribution in [1.82, 2.24) is 25.1 Å². The summed E-state index contributed by atoms with van der Waals surface area (Å²) < 4.78 is 5.90. The molecule has 0 radical (unpaired) electrons. The Morgan fingerprint density at radius 2 is 1.88 bits per heavy atom. The smallest absolute Gasteiger partial charge is 0.280 e. The van der Waals surface area contributed by atoms with E-state index in [0.717, 1.165) is 18.7 Å². The molecule has 0 unspecified atom stereocenters. The predicted molar refractivity (Wildman–Crippen MR) is 129 cm³/mol. The van der Waals surface area contributed by atoms with Crippen LogP contribution in [0, 0.1) is 0 Å². The fourth-order valence-corrected chi connectivity index (χ4v) is 4.96. The van der Waals surface area contributed by atoms with Crippen LogP contribution in [0.3, 0.4) is 0 Å². The van der Waals surface area contributed by atoms with Gasteiger partial charge in [-0.25, -0.2) is 9.97 Å². The van der Waals surface area contributed by atoms with Crippen molar-refractivity contribution in [3.8, 4) is 11.5 Å². The summed E-state index contributed by atoms with van der Waals surface area (Å²) in [6, 6.07) is 13.1. The van der Waals surface area contributed by atoms with Crippen LogP contribution in [0.1, 0.15) is 20.2 Å². The molecular formula is C24H20ClN5O3S. The second-order valence-corrected chi connectivity index (χ2v) is 9.86. The van der Waals surface area contributed by atoms with E-state index < -0.39 is 0 Å². The average Bonchev–Trinajstić information content (AvgIpc) is 3.46. The van der Waals surface area contributed by atoms with Crippen LogP contribution >= 0.6 is 22.9 Å². The molecule has 2 fully saturated rings. The predicted octanol–water partition coefficient (Wildman–Crippen LogP) is 3.54. The van der Waals surface area contributed by atoms with Crippen LogP contribution in [0.15, 0.2) is 58.5 Å². The van der Waals surface area contributed by atoms with E-state index in [2.05, 4.69) is 20.2 Å². The highest BCUT2D eigenvalue weighted by atomic mass is 35.5. The van der Waals surface area contributed by atoms with Gasteiger partial charge in [0.1, 0.15) is 5.52 Å². The number of nitrogens with zero attached hydrogens (tertiary/aromatic N) is 4. The summed E-state index contributed by atoms with van der Waals surface area (Å²) in [5.74, 6) is 0.360. The minimum atomic E-state index is -0.118. The van der Waals surface area contributed by atoms with Crippen LogP contribution in [0.4, 0.5) is 0 Å². The Balaban J connectivity index is 1.04. The maximum absolute atomic E-state index is 13.0. The molecule has 4 heterocycles. The second kappa shape index (κ2) is 8.50. The van der Waals surface area contributed by atoms with E-state index in [1.54, 1.807) is 35.8 Å². The Kier molecular flexibility index (Phi) is 5.32. The molecule has 2 aliphatic rings. The van der Waals surface area contributed by atoms with Crippen molar-refractivity contribution >= 4 is 45.9 Å². The first-order valence-corrected chi connectivity index (χ1v) is 12.2. The molecule has 34 heavy (non-hydrogen) atoms. The van der Waals surface area contributed by atoms with E-state index in [0.29, 0.717) is 51.7 Å². The minimum absolute atomic E-state index is 0.0169. The Hall–Kier alpha value is -3.27. The number of hydrogen-bond acceptors (Lipinski definition) is 7. The first-order valence-electron chi connectivity index (χ1n) is 10.9. The zero-order valence-electron chi connectivity index (χ0n) is 18.0. The highest BCUT2D eigenvalue weighted by Crippen LogP contribution is 2.28. The summed E-state index contributed by atoms with van der Waals surface area (Å²) in [7, 11) is 0. The van der Waals surface area contributed by atoms with Gasteiger partial charge in [-0.05, 0) is 42.5 Å². The summed E-state index contributed by atoms with van der Waals surface area (Å²) in [4.78, 5) is 37.8. The molecule has 4 aromatic rings. The summed E-state index contributed by atoms with van der Waals surface area (Å²) in [6.07, 6.45) is 1.63. The molecule has 0 aliphatic carbocycles. The quantitative estimate of drug-likeness (QED) is 0.457. The number of amides is 2. The maximum Gasteiger partial charge on any atom is 0.280 e. The number of thiazole rings is 1. The zero-order valence-corrected chi connectivity index (χ0v) is 19.6. The van der Waals surface area contributed by atoms with E-state index >= 15 is 0 Å². The summed E-state index contributed by atoms with van der Waals surface area (Å²) in [5.41, 5.74) is 2.69. The summed E-state index contributed by atoms with van der Waals surface area (Å²) >= 11 is 7.29. The molecular weight excluding hydrogens is 474 g/mol. The number of oxazole rings is 1. The first-order chi connectivity index (χ1) is 16.5. The fraction of sp³-hybridized carbons (Fsp3) is 0.250. The maximum atomic E-state index is 13.0. The van der Waals surface area contributed by atoms with Crippen molar-refractivity contribution in [2.24, 2.45) is 0 Å². The molecule has 8 nitrogen and oxygen atoms in total. The van der Waals surface area contributed by atoms with Crippen molar-refractivity contribution in [3.05, 3.63) is 69.6 Å². The highest BCUT2D eigenvalue weighted by molar-refractivity contribution is 7.11. The third kappa shape index (κ3) is 3.96. The fourth-order valence-electron chi connectivity index (χ4n) is 4.29. The van der Waals surface area contributed by atoms with E-state index in [-0.39, 0.29) is 17.9 Å². The molecule has 0 bridgehead atoms. The largest absolute Gasteiger partial charge is 0.436 e. The number of halogens is 1. The Morgan fingerprint density at radius 3 is 2.62 bits per heavy atom. The number of carbonyl (C=O) groups excluding carboxylic acids is 2. The second-order valence-electron chi connectivity index (χ2n) is 8.53. The lowest BCUT2D eigenvalue weighted by atomic mass is 9.98. The number of benzene rings is 2. The molecule has 172 valence electrons. The molecule has 2 aromatic heterocycles. The molecule has 2 aromatic carbocycles. The van der Waals surface area contributed by atoms with Gasteiger partial charge in [0, 0.05) is 59.9 Å². The number of nitrogens with one attached hydrogen (secondary N) is 1. The molecule has 2 aliphatic heterocycles. The third-order valence-corrected chi connectivity index (χ3v) is 7.29. The van der Waals surface area contributed by atoms with Crippen molar-refractivity contribution < 1.29 is 14.0 Å². The van der Waals surface area contributed by atoms with Crippen LogP contribution in [-0.2, 0) is 0 Å². The van der Waals surface area contributed by atoms with Crippen LogP contribution in [0.2, 0.25) is 5.02 Å². The Labute approximate surface area is 204 Å². The van der Waals surface area contributed by atoms with Gasteiger partial charge in [0.05, 0.1) is 6.04 Å². The normalized spacial score (nSPS) is 16.9. The number of fused-ring (bicyclic) bond motifs is 1. The number of aromatic nitrogens is 2. The zero-order chi connectivity index (χ0) is 23.2. The molecule has 2 saturated heterocycles. The lowest BCUT2D eigenvalue weighted by Crippen LogP contribution is -2.70. The SMILES string of the molecule is O=C(NC1CN(C2CN(C(=O)c3ccc4nc(-c5ccc(Cl)cc5)oc4c3)C2)C1)c1nccs1. The summed E-state index contributed by atoms with van der Waals surface area (Å²) in [5, 5.41) is 5.94. The van der Waals surface area contributed by atoms with Gasteiger partial charge in [-0.15, -0.1) is 11.3 Å². The van der Waals surface area contributed by atoms with E-state index in [1.165, 1.54) is 11.3 Å². The molecule has 10 heteroatoms. The summed E-state index contributed by atoms with van der Waals surface area (Å²) in [6.45, 7) is 2.94. The van der Waals surface area contributed by atoms with Crippen molar-refractivity contribution in [1.29, 1.82) is 0 Å². The van der Waals surface area contributed by atoms with Gasteiger partial charge in [-0.3, -0.25) is 14.5 Å². The number of rotatable bonds is 5. The lowest BCUT2D eigenvalue weighted by Gasteiger charge is -2.51. The Bertz CT molecular complexity index is 1360. The van der Waals surface area contributed by atoms with E-state index in [9.17, 15) is 9.59 Å². The first kappa shape index (κ1) is 21.3. The third-order valence-electron chi connectivity index (χ3n) is 6.26. The number of likely N-dealkylation sites (tertiary alicyclic amines) is 2. The van der Waals surface area contributed by atoms with Gasteiger partial charge in [-0.2, -0.15) is 0 Å². The van der Waals surface area contributed by atoms with Crippen molar-refractivity contribution in [2.75, 3.05) is 26.2 Å². The standard InChI is InChI=1S/C24H20ClN5O3S/c25-16-4-1-14(2-5-16)22-28-19-6-3-15(9-20(19)33-22)24(32)30-12-18(13-30)29-10-17(11-29)27-21(31)23-26-7-8-34-23/h1-9,17-18H,10-13H2,(H,27,31). The minimum Gasteiger partial charge on any atom is -0.436 e. The van der Waals surface area contributed by atoms with E-state index in [4.69, 9.17) is 16.0 Å². The van der Waals surface area contributed by atoms with Gasteiger partial charge in [-0.1, -0.05) is 11.6 Å². The number of carbonyl (C=O) groups is 2. The molecule has 1 N–H and O–H groups in total. The van der Waals surface area contributed by atoms with Gasteiger partial charge in [0.25, 0.3) is 11.8 Å². The van der Waals surface area contributed by atoms with Gasteiger partial charge in [0.2, 0.25) is 5.89 Å². The molecule has 0 spiro atoms. The van der Waals surface area contributed by atoms with Crippen molar-refractivity contribution in [3.63, 3.8) is 0 Å². The lowest BCUT2D eigenvalue weighted by molar-refractivity contribution is -0.00941. The highest BCUT2D eigenvalue weighted by Gasteiger charge is 2.41. The van der Waals surface area contributed by atoms with Crippen LogP contribution in [0.25, 0.3) is 22.6 Å². The van der Waals surface area contributed by atoms with Crippen LogP contribution in [0.5, 0.6) is 0 Å². The van der Waals surface area contributed by atoms with Crippen LogP contribution < -0.4 is 5.32 Å². The number of hydrogen-bond donors (Lipinski definition) is 1. The van der Waals surface area contributed by atoms with E-state index in [1.807, 2.05) is 23.1 Å². The van der Waals surface area contributed by atoms with Crippen LogP contribution in [-0.4, -0.2) is 69.8 Å².